The molecule has 1 aliphatic heterocycles. The number of carbonyl (C=O) groups is 1. The van der Waals surface area contributed by atoms with Gasteiger partial charge in [0.15, 0.2) is 23.1 Å². The van der Waals surface area contributed by atoms with E-state index in [0.29, 0.717) is 11.5 Å². The Morgan fingerprint density at radius 3 is 2.58 bits per heavy atom. The number of para-hydroxylation sites is 2. The molecule has 0 fully saturated rings. The van der Waals surface area contributed by atoms with Crippen LogP contribution in [0.5, 0.6) is 17.2 Å². The number of halogens is 2. The van der Waals surface area contributed by atoms with Crippen molar-refractivity contribution in [3.8, 4) is 17.2 Å². The molecule has 3 rings (SSSR count). The predicted octanol–water partition coefficient (Wildman–Crippen LogP) is 3.08. The molecule has 0 aromatic heterocycles. The molecule has 7 heteroatoms. The molecule has 0 saturated heterocycles. The Hall–Kier alpha value is -2.83. The van der Waals surface area contributed by atoms with E-state index in [-0.39, 0.29) is 18.3 Å². The van der Waals surface area contributed by atoms with Crippen LogP contribution < -0.4 is 19.5 Å². The van der Waals surface area contributed by atoms with Crippen molar-refractivity contribution in [1.29, 1.82) is 0 Å². The van der Waals surface area contributed by atoms with Crippen molar-refractivity contribution in [3.63, 3.8) is 0 Å². The standard InChI is InChI=1S/C19H19F2NO4/c1-11(10-24-15-8-7-13(20)9-14(15)21)22-19(23)18-12(2)25-16-5-3-4-6-17(16)26-18/h3-9,11-12,18H,10H2,1-2H3,(H,22,23)/t11-,12+,18+/m1/s1. The van der Waals surface area contributed by atoms with Crippen LogP contribution in [0.2, 0.25) is 0 Å². The van der Waals surface area contributed by atoms with Crippen LogP contribution in [-0.2, 0) is 4.79 Å². The van der Waals surface area contributed by atoms with Gasteiger partial charge in [-0.05, 0) is 38.1 Å². The van der Waals surface area contributed by atoms with Gasteiger partial charge in [0, 0.05) is 6.07 Å². The highest BCUT2D eigenvalue weighted by molar-refractivity contribution is 5.82. The second kappa shape index (κ2) is 7.59. The number of hydrogen-bond donors (Lipinski definition) is 1. The number of nitrogens with one attached hydrogen (secondary N) is 1. The van der Waals surface area contributed by atoms with Gasteiger partial charge in [-0.3, -0.25) is 4.79 Å². The smallest absolute Gasteiger partial charge is 0.265 e. The van der Waals surface area contributed by atoms with Gasteiger partial charge in [0.05, 0.1) is 6.04 Å². The topological polar surface area (TPSA) is 56.8 Å². The van der Waals surface area contributed by atoms with Crippen molar-refractivity contribution in [2.24, 2.45) is 0 Å². The number of carbonyl (C=O) groups excluding carboxylic acids is 1. The third-order valence-corrected chi connectivity index (χ3v) is 3.87. The summed E-state index contributed by atoms with van der Waals surface area (Å²) in [7, 11) is 0. The predicted molar refractivity (Wildman–Crippen MR) is 90.4 cm³/mol. The fourth-order valence-electron chi connectivity index (χ4n) is 2.58. The quantitative estimate of drug-likeness (QED) is 0.887. The van der Waals surface area contributed by atoms with E-state index >= 15 is 0 Å². The van der Waals surface area contributed by atoms with E-state index in [0.717, 1.165) is 12.1 Å². The number of benzene rings is 2. The second-order valence-corrected chi connectivity index (χ2v) is 6.10. The highest BCUT2D eigenvalue weighted by atomic mass is 19.1. The van der Waals surface area contributed by atoms with E-state index in [4.69, 9.17) is 14.2 Å². The normalized spacial score (nSPS) is 19.5. The molecule has 0 radical (unpaired) electrons. The van der Waals surface area contributed by atoms with E-state index in [1.54, 1.807) is 32.0 Å². The minimum atomic E-state index is -0.810. The average molecular weight is 363 g/mol. The van der Waals surface area contributed by atoms with Gasteiger partial charge < -0.3 is 19.5 Å². The monoisotopic (exact) mass is 363 g/mol. The van der Waals surface area contributed by atoms with Gasteiger partial charge in [-0.2, -0.15) is 0 Å². The number of ether oxygens (including phenoxy) is 3. The molecule has 0 bridgehead atoms. The number of hydrogen-bond acceptors (Lipinski definition) is 4. The minimum Gasteiger partial charge on any atom is -0.488 e. The molecule has 2 aromatic rings. The summed E-state index contributed by atoms with van der Waals surface area (Å²) in [6, 6.07) is 9.75. The van der Waals surface area contributed by atoms with E-state index < -0.39 is 29.9 Å². The van der Waals surface area contributed by atoms with Gasteiger partial charge in [0.25, 0.3) is 5.91 Å². The summed E-state index contributed by atoms with van der Waals surface area (Å²) in [5.74, 6) is -0.817. The van der Waals surface area contributed by atoms with Crippen LogP contribution >= 0.6 is 0 Å². The molecule has 1 aliphatic rings. The van der Waals surface area contributed by atoms with Gasteiger partial charge in [-0.15, -0.1) is 0 Å². The molecule has 0 unspecified atom stereocenters. The van der Waals surface area contributed by atoms with Crippen molar-refractivity contribution >= 4 is 5.91 Å². The van der Waals surface area contributed by atoms with Crippen molar-refractivity contribution in [2.75, 3.05) is 6.61 Å². The maximum absolute atomic E-state index is 13.6. The van der Waals surface area contributed by atoms with Crippen molar-refractivity contribution in [1.82, 2.24) is 5.32 Å². The fourth-order valence-corrected chi connectivity index (χ4v) is 2.58. The maximum Gasteiger partial charge on any atom is 0.265 e. The summed E-state index contributed by atoms with van der Waals surface area (Å²) >= 11 is 0. The van der Waals surface area contributed by atoms with Crippen molar-refractivity contribution < 1.29 is 27.8 Å². The van der Waals surface area contributed by atoms with Crippen LogP contribution in [0.25, 0.3) is 0 Å². The Morgan fingerprint density at radius 1 is 1.19 bits per heavy atom. The minimum absolute atomic E-state index is 0.0207. The molecule has 0 spiro atoms. The molecule has 1 amide bonds. The molecule has 1 heterocycles. The first kappa shape index (κ1) is 18.0. The average Bonchev–Trinajstić information content (AvgIpc) is 2.60. The first-order valence-electron chi connectivity index (χ1n) is 8.24. The van der Waals surface area contributed by atoms with E-state index in [1.165, 1.54) is 6.07 Å². The summed E-state index contributed by atoms with van der Waals surface area (Å²) in [5, 5.41) is 2.75. The number of rotatable bonds is 5. The van der Waals surface area contributed by atoms with E-state index in [9.17, 15) is 13.6 Å². The van der Waals surface area contributed by atoms with Gasteiger partial charge in [0.2, 0.25) is 6.10 Å². The Bertz CT molecular complexity index is 799. The van der Waals surface area contributed by atoms with Crippen LogP contribution in [0.3, 0.4) is 0 Å². The summed E-state index contributed by atoms with van der Waals surface area (Å²) in [6.07, 6.45) is -1.28. The molecule has 138 valence electrons. The van der Waals surface area contributed by atoms with E-state index in [2.05, 4.69) is 5.32 Å². The fraction of sp³-hybridized carbons (Fsp3) is 0.316. The zero-order valence-corrected chi connectivity index (χ0v) is 14.4. The molecule has 0 saturated carbocycles. The maximum atomic E-state index is 13.6. The lowest BCUT2D eigenvalue weighted by Gasteiger charge is -2.31. The lowest BCUT2D eigenvalue weighted by Crippen LogP contribution is -2.52. The Kier molecular flexibility index (Phi) is 5.25. The van der Waals surface area contributed by atoms with Gasteiger partial charge >= 0.3 is 0 Å². The third kappa shape index (κ3) is 4.04. The molecule has 26 heavy (non-hydrogen) atoms. The summed E-state index contributed by atoms with van der Waals surface area (Å²) in [5.41, 5.74) is 0. The zero-order valence-electron chi connectivity index (χ0n) is 14.4. The largest absolute Gasteiger partial charge is 0.488 e. The molecule has 1 N–H and O–H groups in total. The van der Waals surface area contributed by atoms with Gasteiger partial charge in [-0.1, -0.05) is 12.1 Å². The highest BCUT2D eigenvalue weighted by Gasteiger charge is 2.34. The molecule has 3 atom stereocenters. The van der Waals surface area contributed by atoms with Crippen LogP contribution in [-0.4, -0.2) is 30.8 Å². The summed E-state index contributed by atoms with van der Waals surface area (Å²) in [6.45, 7) is 3.48. The Labute approximate surface area is 149 Å². The SMILES string of the molecule is C[C@H](COc1ccc(F)cc1F)NC(=O)[C@H]1Oc2ccccc2O[C@H]1C. The van der Waals surface area contributed by atoms with Crippen LogP contribution in [0.4, 0.5) is 8.78 Å². The van der Waals surface area contributed by atoms with Crippen LogP contribution in [0, 0.1) is 11.6 Å². The van der Waals surface area contributed by atoms with Gasteiger partial charge in [0.1, 0.15) is 18.5 Å². The highest BCUT2D eigenvalue weighted by Crippen LogP contribution is 2.33. The second-order valence-electron chi connectivity index (χ2n) is 6.10. The number of amides is 1. The third-order valence-electron chi connectivity index (χ3n) is 3.87. The van der Waals surface area contributed by atoms with Crippen LogP contribution in [0.15, 0.2) is 42.5 Å². The molecule has 0 aliphatic carbocycles. The Balaban J connectivity index is 1.56. The first-order chi connectivity index (χ1) is 12.4. The summed E-state index contributed by atoms with van der Waals surface area (Å²) < 4.78 is 43.2. The molecular weight excluding hydrogens is 344 g/mol. The summed E-state index contributed by atoms with van der Waals surface area (Å²) in [4.78, 5) is 12.5. The zero-order chi connectivity index (χ0) is 18.7. The Morgan fingerprint density at radius 2 is 1.88 bits per heavy atom. The van der Waals surface area contributed by atoms with Crippen molar-refractivity contribution in [2.45, 2.75) is 32.1 Å². The van der Waals surface area contributed by atoms with Crippen LogP contribution in [0.1, 0.15) is 13.8 Å². The lowest BCUT2D eigenvalue weighted by atomic mass is 10.1. The van der Waals surface area contributed by atoms with Crippen molar-refractivity contribution in [3.05, 3.63) is 54.1 Å². The van der Waals surface area contributed by atoms with E-state index in [1.807, 2.05) is 6.07 Å². The van der Waals surface area contributed by atoms with Gasteiger partial charge in [-0.25, -0.2) is 8.78 Å². The molecule has 5 nitrogen and oxygen atoms in total. The number of fused-ring (bicyclic) bond motifs is 1. The lowest BCUT2D eigenvalue weighted by molar-refractivity contribution is -0.134. The molecular formula is C19H19F2NO4. The molecule has 2 aromatic carbocycles. The first-order valence-corrected chi connectivity index (χ1v) is 8.24.